The number of hydrogen-bond donors (Lipinski definition) is 3. The number of primary amides is 1. The van der Waals surface area contributed by atoms with E-state index in [2.05, 4.69) is 10.6 Å². The normalized spacial score (nSPS) is 11.5. The van der Waals surface area contributed by atoms with E-state index in [1.54, 1.807) is 0 Å². The largest absolute Gasteiger partial charge is 0.370 e. The van der Waals surface area contributed by atoms with Gasteiger partial charge in [-0.2, -0.15) is 0 Å². The summed E-state index contributed by atoms with van der Waals surface area (Å²) in [5.41, 5.74) is 6.12. The van der Waals surface area contributed by atoms with Crippen molar-refractivity contribution in [2.24, 2.45) is 11.7 Å². The average molecular weight is 319 g/mol. The Morgan fingerprint density at radius 2 is 1.78 bits per heavy atom. The van der Waals surface area contributed by atoms with Crippen LogP contribution in [0.1, 0.15) is 31.7 Å². The Balaban J connectivity index is 2.16. The van der Waals surface area contributed by atoms with Crippen molar-refractivity contribution in [1.29, 1.82) is 0 Å². The van der Waals surface area contributed by atoms with Crippen molar-refractivity contribution in [3.63, 3.8) is 0 Å². The third kappa shape index (κ3) is 8.60. The quantitative estimate of drug-likeness (QED) is 0.555. The standard InChI is InChI=1S/C17H25N3O3/c1-13(11-14-7-3-2-4-8-14)17(23)20-12-16(22)19-10-6-5-9-15(18)21/h2-4,7-8,13H,5-6,9-12H2,1H3,(H2,18,21)(H,19,22)(H,20,23). The zero-order chi connectivity index (χ0) is 17.1. The summed E-state index contributed by atoms with van der Waals surface area (Å²) in [7, 11) is 0. The number of nitrogens with two attached hydrogens (primary N) is 1. The van der Waals surface area contributed by atoms with Crippen molar-refractivity contribution >= 4 is 17.7 Å². The minimum Gasteiger partial charge on any atom is -0.370 e. The van der Waals surface area contributed by atoms with Crippen LogP contribution < -0.4 is 16.4 Å². The molecular weight excluding hydrogens is 294 g/mol. The van der Waals surface area contributed by atoms with Crippen molar-refractivity contribution in [2.45, 2.75) is 32.6 Å². The second-order valence-electron chi connectivity index (χ2n) is 5.58. The first kappa shape index (κ1) is 18.7. The SMILES string of the molecule is CC(Cc1ccccc1)C(=O)NCC(=O)NCCCCC(N)=O. The molecule has 0 saturated heterocycles. The molecule has 23 heavy (non-hydrogen) atoms. The molecule has 0 aliphatic carbocycles. The Bertz CT molecular complexity index is 517. The Morgan fingerprint density at radius 1 is 1.09 bits per heavy atom. The minimum atomic E-state index is -0.337. The summed E-state index contributed by atoms with van der Waals surface area (Å²) in [4.78, 5) is 34.1. The molecule has 6 heteroatoms. The van der Waals surface area contributed by atoms with Crippen LogP contribution in [0, 0.1) is 5.92 Å². The smallest absolute Gasteiger partial charge is 0.239 e. The summed E-state index contributed by atoms with van der Waals surface area (Å²) in [6, 6.07) is 9.75. The van der Waals surface area contributed by atoms with Gasteiger partial charge in [-0.05, 0) is 24.8 Å². The number of benzene rings is 1. The van der Waals surface area contributed by atoms with Gasteiger partial charge in [-0.15, -0.1) is 0 Å². The number of hydrogen-bond acceptors (Lipinski definition) is 3. The monoisotopic (exact) mass is 319 g/mol. The molecule has 0 bridgehead atoms. The highest BCUT2D eigenvalue weighted by molar-refractivity contribution is 5.85. The van der Waals surface area contributed by atoms with E-state index in [1.807, 2.05) is 37.3 Å². The number of nitrogens with one attached hydrogen (secondary N) is 2. The Hall–Kier alpha value is -2.37. The van der Waals surface area contributed by atoms with Gasteiger partial charge < -0.3 is 16.4 Å². The van der Waals surface area contributed by atoms with Gasteiger partial charge in [0.05, 0.1) is 6.54 Å². The molecule has 1 aromatic carbocycles. The minimum absolute atomic E-state index is 0.0339. The van der Waals surface area contributed by atoms with Gasteiger partial charge in [0.2, 0.25) is 17.7 Å². The Kier molecular flexibility index (Phi) is 8.42. The number of carbonyl (C=O) groups excluding carboxylic acids is 3. The molecule has 126 valence electrons. The van der Waals surface area contributed by atoms with Crippen LogP contribution in [0.25, 0.3) is 0 Å². The molecule has 0 spiro atoms. The molecule has 1 rings (SSSR count). The van der Waals surface area contributed by atoms with Crippen molar-refractivity contribution in [1.82, 2.24) is 10.6 Å². The lowest BCUT2D eigenvalue weighted by Crippen LogP contribution is -2.39. The zero-order valence-electron chi connectivity index (χ0n) is 13.5. The summed E-state index contributed by atoms with van der Waals surface area (Å²) in [6.07, 6.45) is 2.30. The van der Waals surface area contributed by atoms with Crippen LogP contribution in [0.4, 0.5) is 0 Å². The maximum absolute atomic E-state index is 12.0. The highest BCUT2D eigenvalue weighted by atomic mass is 16.2. The summed E-state index contributed by atoms with van der Waals surface area (Å²) in [6.45, 7) is 2.28. The van der Waals surface area contributed by atoms with Crippen molar-refractivity contribution < 1.29 is 14.4 Å². The van der Waals surface area contributed by atoms with E-state index in [1.165, 1.54) is 0 Å². The fourth-order valence-electron chi connectivity index (χ4n) is 2.12. The molecule has 4 N–H and O–H groups in total. The number of rotatable bonds is 10. The predicted octanol–water partition coefficient (Wildman–Crippen LogP) is 0.753. The molecule has 1 aromatic rings. The third-order valence-corrected chi connectivity index (χ3v) is 3.43. The van der Waals surface area contributed by atoms with Crippen molar-refractivity contribution in [2.75, 3.05) is 13.1 Å². The van der Waals surface area contributed by atoms with Gasteiger partial charge in [0.1, 0.15) is 0 Å². The summed E-state index contributed by atoms with van der Waals surface area (Å²) in [5, 5.41) is 5.33. The van der Waals surface area contributed by atoms with Gasteiger partial charge in [0.15, 0.2) is 0 Å². The molecule has 0 fully saturated rings. The third-order valence-electron chi connectivity index (χ3n) is 3.43. The van der Waals surface area contributed by atoms with Crippen molar-refractivity contribution in [3.05, 3.63) is 35.9 Å². The Morgan fingerprint density at radius 3 is 2.43 bits per heavy atom. The van der Waals surface area contributed by atoms with E-state index in [0.29, 0.717) is 32.2 Å². The number of amides is 3. The molecule has 0 radical (unpaired) electrons. The zero-order valence-corrected chi connectivity index (χ0v) is 13.5. The van der Waals surface area contributed by atoms with Gasteiger partial charge in [-0.25, -0.2) is 0 Å². The molecule has 6 nitrogen and oxygen atoms in total. The predicted molar refractivity (Wildman–Crippen MR) is 88.4 cm³/mol. The molecule has 0 aliphatic heterocycles. The van der Waals surface area contributed by atoms with E-state index < -0.39 is 0 Å². The summed E-state index contributed by atoms with van der Waals surface area (Å²) in [5.74, 6) is -0.904. The lowest BCUT2D eigenvalue weighted by Gasteiger charge is -2.12. The number of unbranched alkanes of at least 4 members (excludes halogenated alkanes) is 1. The maximum atomic E-state index is 12.0. The van der Waals surface area contributed by atoms with Crippen molar-refractivity contribution in [3.8, 4) is 0 Å². The molecule has 0 heterocycles. The fraction of sp³-hybridized carbons (Fsp3) is 0.471. The molecule has 0 aromatic heterocycles. The second kappa shape index (κ2) is 10.4. The molecule has 1 atom stereocenters. The molecular formula is C17H25N3O3. The highest BCUT2D eigenvalue weighted by Gasteiger charge is 2.14. The van der Waals surface area contributed by atoms with Gasteiger partial charge >= 0.3 is 0 Å². The summed E-state index contributed by atoms with van der Waals surface area (Å²) < 4.78 is 0. The molecule has 0 aliphatic rings. The van der Waals surface area contributed by atoms with Gasteiger partial charge in [0, 0.05) is 18.9 Å². The number of carbonyl (C=O) groups is 3. The first-order valence-corrected chi connectivity index (χ1v) is 7.85. The Labute approximate surface area is 136 Å². The van der Waals surface area contributed by atoms with Crippen LogP contribution in [0.15, 0.2) is 30.3 Å². The molecule has 3 amide bonds. The fourth-order valence-corrected chi connectivity index (χ4v) is 2.12. The lowest BCUT2D eigenvalue weighted by atomic mass is 10.0. The lowest BCUT2D eigenvalue weighted by molar-refractivity contribution is -0.128. The molecule has 1 unspecified atom stereocenters. The topological polar surface area (TPSA) is 101 Å². The van der Waals surface area contributed by atoms with Crippen LogP contribution in [0.3, 0.4) is 0 Å². The highest BCUT2D eigenvalue weighted by Crippen LogP contribution is 2.07. The van der Waals surface area contributed by atoms with Gasteiger partial charge in [-0.3, -0.25) is 14.4 Å². The van der Waals surface area contributed by atoms with E-state index >= 15 is 0 Å². The van der Waals surface area contributed by atoms with Gasteiger partial charge in [-0.1, -0.05) is 37.3 Å². The van der Waals surface area contributed by atoms with Crippen LogP contribution in [0.5, 0.6) is 0 Å². The van der Waals surface area contributed by atoms with Crippen LogP contribution >= 0.6 is 0 Å². The first-order valence-electron chi connectivity index (χ1n) is 7.85. The van der Waals surface area contributed by atoms with E-state index in [4.69, 9.17) is 5.73 Å². The average Bonchev–Trinajstić information content (AvgIpc) is 2.52. The van der Waals surface area contributed by atoms with E-state index in [-0.39, 0.29) is 30.2 Å². The van der Waals surface area contributed by atoms with Crippen LogP contribution in [-0.2, 0) is 20.8 Å². The van der Waals surface area contributed by atoms with Crippen LogP contribution in [0.2, 0.25) is 0 Å². The second-order valence-corrected chi connectivity index (χ2v) is 5.58. The summed E-state index contributed by atoms with van der Waals surface area (Å²) >= 11 is 0. The van der Waals surface area contributed by atoms with E-state index in [9.17, 15) is 14.4 Å². The van der Waals surface area contributed by atoms with Crippen LogP contribution in [-0.4, -0.2) is 30.8 Å². The van der Waals surface area contributed by atoms with Gasteiger partial charge in [0.25, 0.3) is 0 Å². The molecule has 0 saturated carbocycles. The van der Waals surface area contributed by atoms with E-state index in [0.717, 1.165) is 5.56 Å². The maximum Gasteiger partial charge on any atom is 0.239 e. The first-order chi connectivity index (χ1) is 11.0.